The van der Waals surface area contributed by atoms with Crippen molar-refractivity contribution in [3.8, 4) is 0 Å². The quantitative estimate of drug-likeness (QED) is 0.303. The first-order chi connectivity index (χ1) is 21.4. The lowest BCUT2D eigenvalue weighted by atomic mass is 9.77. The molecule has 1 aliphatic carbocycles. The highest BCUT2D eigenvalue weighted by Crippen LogP contribution is 2.46. The standard InChI is InChI=1S/C33H40Cl2N4O6/c1-38(21-22-7-3-2-4-8-22)31(44)27(20-29(41)42)36-28(40)10-9-26(37-30(43)23-17-24(34)19-25(35)18-23)32(45)39-15-13-33(14-16-39)11-5-6-12-33/h2-4,7-8,17-19,26-27H,5-6,9-16,20-21H2,1H3,(H,36,40)(H,37,43)(H,41,42)/t26-,27+/m1/s1. The lowest BCUT2D eigenvalue weighted by Crippen LogP contribution is -2.52. The largest absolute Gasteiger partial charge is 0.481 e. The number of carboxylic acid groups (broad SMARTS) is 1. The van der Waals surface area contributed by atoms with Crippen LogP contribution in [-0.4, -0.2) is 76.7 Å². The summed E-state index contributed by atoms with van der Waals surface area (Å²) in [5.74, 6) is -3.26. The molecule has 45 heavy (non-hydrogen) atoms. The first-order valence-electron chi connectivity index (χ1n) is 15.3. The molecule has 1 spiro atoms. The van der Waals surface area contributed by atoms with Gasteiger partial charge in [-0.15, -0.1) is 0 Å². The fourth-order valence-electron chi connectivity index (χ4n) is 6.35. The smallest absolute Gasteiger partial charge is 0.305 e. The minimum Gasteiger partial charge on any atom is -0.481 e. The van der Waals surface area contributed by atoms with Gasteiger partial charge in [0.15, 0.2) is 0 Å². The van der Waals surface area contributed by atoms with Crippen LogP contribution in [0, 0.1) is 5.41 Å². The lowest BCUT2D eigenvalue weighted by molar-refractivity contribution is -0.143. The number of nitrogens with zero attached hydrogens (tertiary/aromatic N) is 2. The van der Waals surface area contributed by atoms with Crippen LogP contribution in [0.2, 0.25) is 10.0 Å². The summed E-state index contributed by atoms with van der Waals surface area (Å²) in [6.07, 6.45) is 5.67. The molecule has 2 fully saturated rings. The lowest BCUT2D eigenvalue weighted by Gasteiger charge is -2.40. The Hall–Kier alpha value is -3.63. The molecule has 4 rings (SSSR count). The number of nitrogens with one attached hydrogen (secondary N) is 2. The molecule has 12 heteroatoms. The van der Waals surface area contributed by atoms with E-state index in [4.69, 9.17) is 23.2 Å². The molecule has 0 radical (unpaired) electrons. The van der Waals surface area contributed by atoms with Crippen LogP contribution in [-0.2, 0) is 25.7 Å². The molecular weight excluding hydrogens is 619 g/mol. The summed E-state index contributed by atoms with van der Waals surface area (Å²) in [5.41, 5.74) is 1.31. The second kappa shape index (κ2) is 15.6. The number of halogens is 2. The minimum absolute atomic E-state index is 0.0554. The van der Waals surface area contributed by atoms with Crippen LogP contribution >= 0.6 is 23.2 Å². The van der Waals surface area contributed by atoms with Gasteiger partial charge in [0, 0.05) is 48.7 Å². The van der Waals surface area contributed by atoms with E-state index in [1.165, 1.54) is 55.8 Å². The maximum Gasteiger partial charge on any atom is 0.305 e. The Bertz CT molecular complexity index is 1370. The predicted octanol–water partition coefficient (Wildman–Crippen LogP) is 4.67. The SMILES string of the molecule is CN(Cc1ccccc1)C(=O)[C@H](CC(=O)O)NC(=O)CC[C@@H](NC(=O)c1cc(Cl)cc(Cl)c1)C(=O)N1CCC2(CCCC2)CC1. The number of carbonyl (C=O) groups is 5. The number of carbonyl (C=O) groups excluding carboxylic acids is 4. The fraction of sp³-hybridized carbons (Fsp3) is 0.485. The Morgan fingerprint density at radius 2 is 1.53 bits per heavy atom. The minimum atomic E-state index is -1.30. The Morgan fingerprint density at radius 3 is 2.13 bits per heavy atom. The Balaban J connectivity index is 1.43. The zero-order chi connectivity index (χ0) is 32.6. The Kier molecular flexibility index (Phi) is 11.9. The van der Waals surface area contributed by atoms with Crippen molar-refractivity contribution in [3.63, 3.8) is 0 Å². The monoisotopic (exact) mass is 658 g/mol. The van der Waals surface area contributed by atoms with Crippen molar-refractivity contribution >= 4 is 52.8 Å². The van der Waals surface area contributed by atoms with Gasteiger partial charge in [0.25, 0.3) is 5.91 Å². The molecule has 0 unspecified atom stereocenters. The normalized spacial score (nSPS) is 16.9. The van der Waals surface area contributed by atoms with Gasteiger partial charge in [0.1, 0.15) is 12.1 Å². The Labute approximate surface area is 273 Å². The summed E-state index contributed by atoms with van der Waals surface area (Å²) >= 11 is 12.2. The van der Waals surface area contributed by atoms with Crippen molar-refractivity contribution in [1.29, 1.82) is 0 Å². The summed E-state index contributed by atoms with van der Waals surface area (Å²) in [4.78, 5) is 67.8. The highest BCUT2D eigenvalue weighted by molar-refractivity contribution is 6.35. The summed E-state index contributed by atoms with van der Waals surface area (Å²) in [6, 6.07) is 11.2. The first-order valence-corrected chi connectivity index (χ1v) is 16.1. The zero-order valence-electron chi connectivity index (χ0n) is 25.4. The van der Waals surface area contributed by atoms with E-state index >= 15 is 0 Å². The maximum absolute atomic E-state index is 13.7. The molecule has 3 N–H and O–H groups in total. The average molecular weight is 660 g/mol. The van der Waals surface area contributed by atoms with Crippen LogP contribution in [0.3, 0.4) is 0 Å². The van der Waals surface area contributed by atoms with E-state index in [1.807, 2.05) is 30.3 Å². The number of likely N-dealkylation sites (N-methyl/N-ethyl adjacent to an activating group) is 1. The van der Waals surface area contributed by atoms with Crippen LogP contribution in [0.25, 0.3) is 0 Å². The van der Waals surface area contributed by atoms with Crippen LogP contribution in [0.4, 0.5) is 0 Å². The molecule has 2 aromatic carbocycles. The van der Waals surface area contributed by atoms with Gasteiger partial charge in [-0.3, -0.25) is 24.0 Å². The molecule has 1 heterocycles. The molecule has 0 aromatic heterocycles. The number of aliphatic carboxylic acids is 1. The van der Waals surface area contributed by atoms with Crippen molar-refractivity contribution in [2.45, 2.75) is 76.4 Å². The van der Waals surface area contributed by atoms with Crippen LogP contribution in [0.5, 0.6) is 0 Å². The van der Waals surface area contributed by atoms with E-state index in [9.17, 15) is 29.1 Å². The van der Waals surface area contributed by atoms with E-state index in [0.717, 1.165) is 18.4 Å². The molecule has 1 aliphatic heterocycles. The topological polar surface area (TPSA) is 136 Å². The van der Waals surface area contributed by atoms with E-state index in [0.29, 0.717) is 13.1 Å². The van der Waals surface area contributed by atoms with Gasteiger partial charge in [0.2, 0.25) is 17.7 Å². The molecule has 4 amide bonds. The fourth-order valence-corrected chi connectivity index (χ4v) is 6.87. The summed E-state index contributed by atoms with van der Waals surface area (Å²) in [6.45, 7) is 1.38. The molecule has 0 bridgehead atoms. The van der Waals surface area contributed by atoms with Gasteiger partial charge in [0.05, 0.1) is 6.42 Å². The highest BCUT2D eigenvalue weighted by atomic mass is 35.5. The third-order valence-electron chi connectivity index (χ3n) is 8.84. The van der Waals surface area contributed by atoms with Crippen molar-refractivity contribution in [3.05, 3.63) is 69.7 Å². The van der Waals surface area contributed by atoms with E-state index in [1.54, 1.807) is 4.90 Å². The third-order valence-corrected chi connectivity index (χ3v) is 9.28. The second-order valence-electron chi connectivity index (χ2n) is 12.2. The number of carboxylic acids is 1. The van der Waals surface area contributed by atoms with Crippen LogP contribution in [0.15, 0.2) is 48.5 Å². The molecule has 10 nitrogen and oxygen atoms in total. The molecule has 1 saturated heterocycles. The third kappa shape index (κ3) is 9.68. The number of benzene rings is 2. The van der Waals surface area contributed by atoms with E-state index < -0.39 is 42.2 Å². The molecule has 1 saturated carbocycles. The van der Waals surface area contributed by atoms with Crippen molar-refractivity contribution in [2.24, 2.45) is 5.41 Å². The van der Waals surface area contributed by atoms with Crippen molar-refractivity contribution in [2.75, 3.05) is 20.1 Å². The second-order valence-corrected chi connectivity index (χ2v) is 13.0. The predicted molar refractivity (Wildman–Crippen MR) is 171 cm³/mol. The van der Waals surface area contributed by atoms with Crippen LogP contribution < -0.4 is 10.6 Å². The van der Waals surface area contributed by atoms with Gasteiger partial charge < -0.3 is 25.5 Å². The number of hydrogen-bond donors (Lipinski definition) is 3. The number of likely N-dealkylation sites (tertiary alicyclic amines) is 1. The van der Waals surface area contributed by atoms with Crippen molar-refractivity contribution < 1.29 is 29.1 Å². The van der Waals surface area contributed by atoms with Gasteiger partial charge in [-0.05, 0) is 61.3 Å². The number of amides is 4. The van der Waals surface area contributed by atoms with Crippen LogP contribution in [0.1, 0.15) is 73.7 Å². The average Bonchev–Trinajstić information content (AvgIpc) is 3.45. The van der Waals surface area contributed by atoms with Gasteiger partial charge in [-0.1, -0.05) is 66.4 Å². The van der Waals surface area contributed by atoms with E-state index in [-0.39, 0.29) is 46.3 Å². The van der Waals surface area contributed by atoms with E-state index in [2.05, 4.69) is 10.6 Å². The number of rotatable bonds is 12. The molecule has 2 aliphatic rings. The molecule has 2 aromatic rings. The summed E-state index contributed by atoms with van der Waals surface area (Å²) in [7, 11) is 1.54. The van der Waals surface area contributed by atoms with Gasteiger partial charge in [-0.25, -0.2) is 0 Å². The number of hydrogen-bond acceptors (Lipinski definition) is 5. The first kappa shape index (κ1) is 34.2. The summed E-state index contributed by atoms with van der Waals surface area (Å²) in [5, 5.41) is 15.3. The highest BCUT2D eigenvalue weighted by Gasteiger charge is 2.39. The van der Waals surface area contributed by atoms with Gasteiger partial charge >= 0.3 is 5.97 Å². The molecule has 242 valence electrons. The maximum atomic E-state index is 13.7. The molecule has 2 atom stereocenters. The van der Waals surface area contributed by atoms with Crippen molar-refractivity contribution in [1.82, 2.24) is 20.4 Å². The summed E-state index contributed by atoms with van der Waals surface area (Å²) < 4.78 is 0. The zero-order valence-corrected chi connectivity index (χ0v) is 26.9. The Morgan fingerprint density at radius 1 is 0.911 bits per heavy atom. The number of piperidine rings is 1. The molecular formula is C33H40Cl2N4O6. The van der Waals surface area contributed by atoms with Gasteiger partial charge in [-0.2, -0.15) is 0 Å².